The molecule has 9 atom stereocenters. The molecule has 4 rings (SSSR count). The Labute approximate surface area is 235 Å². The SMILES string of the molecule is CCCCCCC(O[C@H]1CC[C@@]2(C)C(=CC[C@H]3[C@@H]4CC[C@H]([C@H](C)CCCC(C)C)[C@@]4(C)CC[C@@H]32)C1)C(=O)O. The number of carbonyl (C=O) groups is 1. The maximum absolute atomic E-state index is 11.9. The molecule has 0 bridgehead atoms. The standard InChI is InChI=1S/C35H60O3/c1-7-8-9-10-14-32(33(36)37)38-27-19-21-34(5)26(23-27)15-16-28-30-18-17-29(25(4)13-11-12-24(2)3)35(30,6)22-20-31(28)34/h15,24-25,27-32H,7-14,16-23H2,1-6H3,(H,36,37)/t25-,27+,28+,29-,30+,31+,32?,34+,35-/m1/s1. The van der Waals surface area contributed by atoms with E-state index >= 15 is 0 Å². The topological polar surface area (TPSA) is 46.5 Å². The van der Waals surface area contributed by atoms with E-state index in [1.165, 1.54) is 70.6 Å². The molecule has 4 aliphatic rings. The minimum atomic E-state index is -0.770. The molecule has 3 saturated carbocycles. The van der Waals surface area contributed by atoms with Crippen LogP contribution < -0.4 is 0 Å². The quantitative estimate of drug-likeness (QED) is 0.191. The maximum atomic E-state index is 11.9. The van der Waals surface area contributed by atoms with Crippen molar-refractivity contribution >= 4 is 5.97 Å². The zero-order valence-corrected chi connectivity index (χ0v) is 25.8. The molecule has 1 N–H and O–H groups in total. The van der Waals surface area contributed by atoms with E-state index in [1.54, 1.807) is 5.57 Å². The van der Waals surface area contributed by atoms with Gasteiger partial charge in [-0.3, -0.25) is 0 Å². The Morgan fingerprint density at radius 2 is 1.76 bits per heavy atom. The summed E-state index contributed by atoms with van der Waals surface area (Å²) in [7, 11) is 0. The lowest BCUT2D eigenvalue weighted by molar-refractivity contribution is -0.157. The van der Waals surface area contributed by atoms with Crippen molar-refractivity contribution < 1.29 is 14.6 Å². The van der Waals surface area contributed by atoms with Crippen molar-refractivity contribution in [3.63, 3.8) is 0 Å². The molecule has 3 nitrogen and oxygen atoms in total. The number of hydrogen-bond donors (Lipinski definition) is 1. The van der Waals surface area contributed by atoms with Gasteiger partial charge in [0, 0.05) is 0 Å². The highest BCUT2D eigenvalue weighted by molar-refractivity contribution is 5.72. The van der Waals surface area contributed by atoms with Crippen LogP contribution in [-0.2, 0) is 9.53 Å². The van der Waals surface area contributed by atoms with Crippen LogP contribution in [0.3, 0.4) is 0 Å². The summed E-state index contributed by atoms with van der Waals surface area (Å²) < 4.78 is 6.30. The highest BCUT2D eigenvalue weighted by Gasteiger charge is 2.59. The molecule has 218 valence electrons. The fourth-order valence-corrected chi connectivity index (χ4v) is 10.0. The normalized spacial score (nSPS) is 38.2. The summed E-state index contributed by atoms with van der Waals surface area (Å²) in [5.74, 6) is 4.37. The molecular formula is C35H60O3. The number of ether oxygens (including phenoxy) is 1. The van der Waals surface area contributed by atoms with Crippen molar-refractivity contribution in [2.75, 3.05) is 0 Å². The van der Waals surface area contributed by atoms with Crippen molar-refractivity contribution in [1.29, 1.82) is 0 Å². The van der Waals surface area contributed by atoms with Crippen molar-refractivity contribution in [2.45, 2.75) is 156 Å². The van der Waals surface area contributed by atoms with E-state index in [0.29, 0.717) is 17.3 Å². The Kier molecular flexibility index (Phi) is 10.1. The largest absolute Gasteiger partial charge is 0.479 e. The van der Waals surface area contributed by atoms with Crippen molar-refractivity contribution in [3.8, 4) is 0 Å². The Balaban J connectivity index is 1.39. The molecule has 0 spiro atoms. The smallest absolute Gasteiger partial charge is 0.332 e. The molecule has 3 fully saturated rings. The van der Waals surface area contributed by atoms with Gasteiger partial charge in [-0.2, -0.15) is 0 Å². The summed E-state index contributed by atoms with van der Waals surface area (Å²) in [6.45, 7) is 14.7. The van der Waals surface area contributed by atoms with Gasteiger partial charge in [0.15, 0.2) is 6.10 Å². The van der Waals surface area contributed by atoms with Gasteiger partial charge in [-0.25, -0.2) is 4.79 Å². The van der Waals surface area contributed by atoms with Gasteiger partial charge in [-0.1, -0.05) is 98.1 Å². The van der Waals surface area contributed by atoms with Crippen LogP contribution in [0.1, 0.15) is 144 Å². The molecule has 38 heavy (non-hydrogen) atoms. The fraction of sp³-hybridized carbons (Fsp3) is 0.914. The second-order valence-electron chi connectivity index (χ2n) is 15.0. The molecule has 4 aliphatic carbocycles. The predicted octanol–water partition coefficient (Wildman–Crippen LogP) is 9.84. The first-order valence-electron chi connectivity index (χ1n) is 16.7. The van der Waals surface area contributed by atoms with Gasteiger partial charge in [0.05, 0.1) is 6.10 Å². The lowest BCUT2D eigenvalue weighted by Gasteiger charge is -2.58. The second kappa shape index (κ2) is 12.8. The summed E-state index contributed by atoms with van der Waals surface area (Å²) >= 11 is 0. The number of unbranched alkanes of at least 4 members (excludes halogenated alkanes) is 3. The lowest BCUT2D eigenvalue weighted by Crippen LogP contribution is -2.51. The van der Waals surface area contributed by atoms with E-state index in [1.807, 2.05) is 0 Å². The third kappa shape index (κ3) is 6.23. The lowest BCUT2D eigenvalue weighted by atomic mass is 9.47. The number of hydrogen-bond acceptors (Lipinski definition) is 2. The van der Waals surface area contributed by atoms with Gasteiger partial charge >= 0.3 is 5.97 Å². The summed E-state index contributed by atoms with van der Waals surface area (Å²) in [4.78, 5) is 11.9. The summed E-state index contributed by atoms with van der Waals surface area (Å²) in [5, 5.41) is 9.80. The average Bonchev–Trinajstić information content (AvgIpc) is 3.23. The molecular weight excluding hydrogens is 468 g/mol. The third-order valence-electron chi connectivity index (χ3n) is 12.2. The zero-order valence-electron chi connectivity index (χ0n) is 25.8. The van der Waals surface area contributed by atoms with E-state index < -0.39 is 12.1 Å². The molecule has 0 radical (unpaired) electrons. The first kappa shape index (κ1) is 30.1. The number of aliphatic carboxylic acids is 1. The number of allylic oxidation sites excluding steroid dienone is 1. The van der Waals surface area contributed by atoms with Gasteiger partial charge in [0.1, 0.15) is 0 Å². The van der Waals surface area contributed by atoms with Gasteiger partial charge < -0.3 is 9.84 Å². The van der Waals surface area contributed by atoms with Crippen molar-refractivity contribution in [2.24, 2.45) is 46.3 Å². The third-order valence-corrected chi connectivity index (χ3v) is 12.2. The minimum Gasteiger partial charge on any atom is -0.479 e. The number of carboxylic acid groups (broad SMARTS) is 1. The first-order valence-corrected chi connectivity index (χ1v) is 16.7. The Morgan fingerprint density at radius 1 is 0.974 bits per heavy atom. The number of fused-ring (bicyclic) bond motifs is 5. The summed E-state index contributed by atoms with van der Waals surface area (Å²) in [6, 6.07) is 0. The van der Waals surface area contributed by atoms with Crippen LogP contribution in [0, 0.1) is 46.3 Å². The minimum absolute atomic E-state index is 0.0783. The highest BCUT2D eigenvalue weighted by Crippen LogP contribution is 2.67. The summed E-state index contributed by atoms with van der Waals surface area (Å²) in [5.41, 5.74) is 2.43. The van der Waals surface area contributed by atoms with Crippen LogP contribution in [0.15, 0.2) is 11.6 Å². The molecule has 0 aromatic heterocycles. The molecule has 0 aliphatic heterocycles. The van der Waals surface area contributed by atoms with Gasteiger partial charge in [-0.05, 0) is 104 Å². The van der Waals surface area contributed by atoms with Crippen LogP contribution in [0.5, 0.6) is 0 Å². The zero-order chi connectivity index (χ0) is 27.5. The van der Waals surface area contributed by atoms with Gasteiger partial charge in [-0.15, -0.1) is 0 Å². The van der Waals surface area contributed by atoms with E-state index in [-0.39, 0.29) is 6.10 Å². The first-order chi connectivity index (χ1) is 18.1. The molecule has 0 saturated heterocycles. The van der Waals surface area contributed by atoms with E-state index in [4.69, 9.17) is 4.74 Å². The predicted molar refractivity (Wildman–Crippen MR) is 158 cm³/mol. The fourth-order valence-electron chi connectivity index (χ4n) is 10.0. The highest BCUT2D eigenvalue weighted by atomic mass is 16.5. The monoisotopic (exact) mass is 528 g/mol. The Bertz CT molecular complexity index is 816. The van der Waals surface area contributed by atoms with Crippen LogP contribution >= 0.6 is 0 Å². The summed E-state index contributed by atoms with van der Waals surface area (Å²) in [6.07, 6.45) is 21.4. The van der Waals surface area contributed by atoms with Crippen molar-refractivity contribution in [3.05, 3.63) is 11.6 Å². The molecule has 3 heteroatoms. The van der Waals surface area contributed by atoms with Crippen LogP contribution in [0.25, 0.3) is 0 Å². The molecule has 0 heterocycles. The second-order valence-corrected chi connectivity index (χ2v) is 15.0. The molecule has 1 unspecified atom stereocenters. The van der Waals surface area contributed by atoms with Gasteiger partial charge in [0.25, 0.3) is 0 Å². The van der Waals surface area contributed by atoms with E-state index in [9.17, 15) is 9.90 Å². The van der Waals surface area contributed by atoms with Crippen LogP contribution in [0.2, 0.25) is 0 Å². The Morgan fingerprint density at radius 3 is 2.47 bits per heavy atom. The van der Waals surface area contributed by atoms with E-state index in [2.05, 4.69) is 47.6 Å². The molecule has 0 aromatic carbocycles. The average molecular weight is 529 g/mol. The number of rotatable bonds is 13. The van der Waals surface area contributed by atoms with Gasteiger partial charge in [0.2, 0.25) is 0 Å². The van der Waals surface area contributed by atoms with Crippen molar-refractivity contribution in [1.82, 2.24) is 0 Å². The van der Waals surface area contributed by atoms with Crippen LogP contribution in [0.4, 0.5) is 0 Å². The number of carboxylic acids is 1. The maximum Gasteiger partial charge on any atom is 0.332 e. The Hall–Kier alpha value is -0.830. The molecule has 0 amide bonds. The molecule has 0 aromatic rings. The van der Waals surface area contributed by atoms with Crippen LogP contribution in [-0.4, -0.2) is 23.3 Å². The van der Waals surface area contributed by atoms with E-state index in [0.717, 1.165) is 61.2 Å².